The number of nitrogens with one attached hydrogen (secondary N) is 1. The van der Waals surface area contributed by atoms with Gasteiger partial charge in [0.05, 0.1) is 21.2 Å². The Bertz CT molecular complexity index is 1350. The van der Waals surface area contributed by atoms with Crippen LogP contribution in [0.3, 0.4) is 0 Å². The predicted molar refractivity (Wildman–Crippen MR) is 103 cm³/mol. The molecule has 162 valence electrons. The third-order valence-corrected chi connectivity index (χ3v) is 5.98. The van der Waals surface area contributed by atoms with Crippen molar-refractivity contribution in [2.75, 3.05) is 5.01 Å². The number of hydrazone groups is 1. The molecule has 0 aromatic heterocycles. The van der Waals surface area contributed by atoms with Crippen molar-refractivity contribution >= 4 is 49.2 Å². The summed E-state index contributed by atoms with van der Waals surface area (Å²) in [6.45, 7) is 0. The lowest BCUT2D eigenvalue weighted by Gasteiger charge is -2.16. The lowest BCUT2D eigenvalue weighted by atomic mass is 9.92. The number of carbonyl (C=O) groups is 2. The number of carbonyl (C=O) groups excluding carboxylic acids is 1. The first-order valence-corrected chi connectivity index (χ1v) is 10.9. The maximum absolute atomic E-state index is 13.0. The van der Waals surface area contributed by atoms with Crippen LogP contribution in [-0.2, 0) is 29.8 Å². The molecule has 0 saturated heterocycles. The zero-order valence-corrected chi connectivity index (χ0v) is 16.7. The highest BCUT2D eigenvalue weighted by Gasteiger charge is 2.43. The number of anilines is 1. The average Bonchev–Trinajstić information content (AvgIpc) is 3.03. The quantitative estimate of drug-likeness (QED) is 0.355. The van der Waals surface area contributed by atoms with Crippen molar-refractivity contribution in [3.05, 3.63) is 48.0 Å². The number of hydrogen-bond acceptors (Lipinski definition) is 9. The van der Waals surface area contributed by atoms with Crippen LogP contribution >= 0.6 is 0 Å². The molecule has 3 rings (SSSR count). The average molecular weight is 468 g/mol. The standard InChI is InChI=1S/C16H12N4O9S2/c17-18-12-7-10(31(27,28)29)5-6-11(12)13-14(16(22)23)19-20(15(13)21)8-1-3-9(4-2-8)30(24,25)26/h1-7,13,17H,(H,22,23)(H,24,25,26)(H,27,28,29). The summed E-state index contributed by atoms with van der Waals surface area (Å²) in [7, 11) is -9.14. The lowest BCUT2D eigenvalue weighted by molar-refractivity contribution is -0.130. The van der Waals surface area contributed by atoms with Crippen LogP contribution in [0.4, 0.5) is 11.4 Å². The molecule has 1 amide bonds. The minimum atomic E-state index is -4.64. The number of aliphatic carboxylic acids is 1. The van der Waals surface area contributed by atoms with E-state index in [1.807, 2.05) is 0 Å². The van der Waals surface area contributed by atoms with Gasteiger partial charge in [0.2, 0.25) is 0 Å². The molecule has 1 atom stereocenters. The van der Waals surface area contributed by atoms with Crippen molar-refractivity contribution in [3.8, 4) is 0 Å². The maximum Gasteiger partial charge on any atom is 0.353 e. The highest BCUT2D eigenvalue weighted by Crippen LogP contribution is 2.36. The Morgan fingerprint density at radius 1 is 1.00 bits per heavy atom. The molecule has 0 fully saturated rings. The molecule has 0 aliphatic carbocycles. The fourth-order valence-corrected chi connectivity index (χ4v) is 3.85. The van der Waals surface area contributed by atoms with Gasteiger partial charge in [0, 0.05) is 0 Å². The molecule has 0 saturated carbocycles. The molecule has 15 heteroatoms. The topological polar surface area (TPSA) is 215 Å². The molecule has 4 N–H and O–H groups in total. The summed E-state index contributed by atoms with van der Waals surface area (Å²) in [4.78, 5) is 23.6. The van der Waals surface area contributed by atoms with E-state index in [1.54, 1.807) is 0 Å². The van der Waals surface area contributed by atoms with Gasteiger partial charge in [0.15, 0.2) is 5.71 Å². The van der Waals surface area contributed by atoms with Crippen LogP contribution in [0, 0.1) is 5.53 Å². The van der Waals surface area contributed by atoms with Gasteiger partial charge in [-0.3, -0.25) is 13.9 Å². The van der Waals surface area contributed by atoms with Gasteiger partial charge in [-0.1, -0.05) is 6.07 Å². The normalized spacial score (nSPS) is 16.8. The molecular formula is C16H12N4O9S2. The van der Waals surface area contributed by atoms with E-state index in [2.05, 4.69) is 10.2 Å². The highest BCUT2D eigenvalue weighted by molar-refractivity contribution is 7.86. The highest BCUT2D eigenvalue weighted by atomic mass is 32.2. The summed E-state index contributed by atoms with van der Waals surface area (Å²) in [6, 6.07) is 6.93. The minimum Gasteiger partial charge on any atom is -0.477 e. The molecule has 0 bridgehead atoms. The van der Waals surface area contributed by atoms with Gasteiger partial charge in [-0.05, 0) is 42.0 Å². The maximum atomic E-state index is 13.0. The fourth-order valence-electron chi connectivity index (χ4n) is 2.87. The van der Waals surface area contributed by atoms with E-state index in [9.17, 15) is 31.5 Å². The number of carboxylic acid groups (broad SMARTS) is 1. The van der Waals surface area contributed by atoms with E-state index in [0.717, 1.165) is 42.5 Å². The predicted octanol–water partition coefficient (Wildman–Crippen LogP) is 1.41. The Labute approximate surface area is 174 Å². The van der Waals surface area contributed by atoms with Gasteiger partial charge in [-0.2, -0.15) is 32.1 Å². The zero-order valence-electron chi connectivity index (χ0n) is 15.1. The van der Waals surface area contributed by atoms with Gasteiger partial charge < -0.3 is 5.11 Å². The van der Waals surface area contributed by atoms with Crippen molar-refractivity contribution in [3.63, 3.8) is 0 Å². The monoisotopic (exact) mass is 468 g/mol. The Morgan fingerprint density at radius 2 is 1.55 bits per heavy atom. The van der Waals surface area contributed by atoms with E-state index in [-0.39, 0.29) is 16.9 Å². The van der Waals surface area contributed by atoms with E-state index in [1.165, 1.54) is 0 Å². The van der Waals surface area contributed by atoms with Crippen LogP contribution in [0.2, 0.25) is 0 Å². The molecule has 2 aromatic rings. The van der Waals surface area contributed by atoms with Crippen LogP contribution in [0.5, 0.6) is 0 Å². The number of carboxylic acids is 1. The van der Waals surface area contributed by atoms with Crippen LogP contribution in [0.25, 0.3) is 0 Å². The van der Waals surface area contributed by atoms with Gasteiger partial charge in [0.25, 0.3) is 26.1 Å². The summed E-state index contributed by atoms with van der Waals surface area (Å²) in [5, 5.41) is 17.0. The molecule has 0 radical (unpaired) electrons. The lowest BCUT2D eigenvalue weighted by Crippen LogP contribution is -2.28. The van der Waals surface area contributed by atoms with E-state index in [0.29, 0.717) is 5.01 Å². The number of rotatable bonds is 6. The Balaban J connectivity index is 2.09. The number of amides is 1. The second-order valence-corrected chi connectivity index (χ2v) is 8.99. The summed E-state index contributed by atoms with van der Waals surface area (Å²) in [5.74, 6) is -4.05. The van der Waals surface area contributed by atoms with Crippen molar-refractivity contribution in [2.24, 2.45) is 10.2 Å². The Morgan fingerprint density at radius 3 is 2.03 bits per heavy atom. The Kier molecular flexibility index (Phi) is 5.45. The molecule has 31 heavy (non-hydrogen) atoms. The molecule has 1 unspecified atom stereocenters. The van der Waals surface area contributed by atoms with Crippen molar-refractivity contribution in [2.45, 2.75) is 15.7 Å². The first-order chi connectivity index (χ1) is 14.3. The van der Waals surface area contributed by atoms with Crippen LogP contribution in [-0.4, -0.2) is 48.6 Å². The van der Waals surface area contributed by atoms with E-state index in [4.69, 9.17) is 14.6 Å². The molecular weight excluding hydrogens is 456 g/mol. The van der Waals surface area contributed by atoms with Gasteiger partial charge >= 0.3 is 5.97 Å². The number of hydrogen-bond donors (Lipinski definition) is 4. The summed E-state index contributed by atoms with van der Waals surface area (Å²) in [5.41, 5.74) is 6.03. The largest absolute Gasteiger partial charge is 0.477 e. The third-order valence-electron chi connectivity index (χ3n) is 4.27. The fraction of sp³-hybridized carbons (Fsp3) is 0.0625. The smallest absolute Gasteiger partial charge is 0.353 e. The summed E-state index contributed by atoms with van der Waals surface area (Å²) >= 11 is 0. The number of nitrogens with zero attached hydrogens (tertiary/aromatic N) is 3. The van der Waals surface area contributed by atoms with Gasteiger partial charge in [0.1, 0.15) is 5.92 Å². The Hall–Kier alpha value is -3.53. The first-order valence-electron chi connectivity index (χ1n) is 8.07. The molecule has 1 heterocycles. The van der Waals surface area contributed by atoms with Crippen molar-refractivity contribution in [1.82, 2.24) is 0 Å². The van der Waals surface area contributed by atoms with Gasteiger partial charge in [-0.15, -0.1) is 0 Å². The zero-order chi connectivity index (χ0) is 23.1. The second-order valence-electron chi connectivity index (χ2n) is 6.15. The van der Waals surface area contributed by atoms with Crippen LogP contribution in [0.15, 0.2) is 62.5 Å². The van der Waals surface area contributed by atoms with Crippen LogP contribution in [0.1, 0.15) is 11.5 Å². The third kappa shape index (κ3) is 4.19. The van der Waals surface area contributed by atoms with Gasteiger partial charge in [-0.25, -0.2) is 10.3 Å². The second kappa shape index (κ2) is 7.62. The molecule has 13 nitrogen and oxygen atoms in total. The van der Waals surface area contributed by atoms with Crippen molar-refractivity contribution in [1.29, 1.82) is 5.53 Å². The molecule has 1 aliphatic rings. The summed E-state index contributed by atoms with van der Waals surface area (Å²) in [6.07, 6.45) is 0. The minimum absolute atomic E-state index is 0.0161. The SMILES string of the molecule is N=Nc1cc(S(=O)(=O)O)ccc1C1C(=O)N(c2ccc(S(=O)(=O)O)cc2)N=C1C(=O)O. The molecule has 0 spiro atoms. The summed E-state index contributed by atoms with van der Waals surface area (Å²) < 4.78 is 63.1. The first kappa shape index (κ1) is 22.2. The van der Waals surface area contributed by atoms with Crippen LogP contribution < -0.4 is 5.01 Å². The van der Waals surface area contributed by atoms with Crippen molar-refractivity contribution < 1.29 is 40.6 Å². The molecule has 2 aromatic carbocycles. The molecule has 1 aliphatic heterocycles. The van der Waals surface area contributed by atoms with E-state index >= 15 is 0 Å². The van der Waals surface area contributed by atoms with E-state index < -0.39 is 53.5 Å². The number of benzene rings is 2.